The van der Waals surface area contributed by atoms with Gasteiger partial charge in [-0.05, 0) is 62.7 Å². The lowest BCUT2D eigenvalue weighted by molar-refractivity contribution is 0.0601. The van der Waals surface area contributed by atoms with Crippen molar-refractivity contribution in [2.24, 2.45) is 0 Å². The molecule has 162 valence electrons. The number of nitrogens with zero attached hydrogens (tertiary/aromatic N) is 1. The highest BCUT2D eigenvalue weighted by atomic mass is 35.5. The molecule has 0 aliphatic heterocycles. The molecule has 0 radical (unpaired) electrons. The Morgan fingerprint density at radius 2 is 1.83 bits per heavy atom. The molecule has 9 heteroatoms. The number of anilines is 1. The molecule has 1 aromatic heterocycles. The van der Waals surface area contributed by atoms with Gasteiger partial charge in [0.1, 0.15) is 5.00 Å². The lowest BCUT2D eigenvalue weighted by Crippen LogP contribution is -2.30. The van der Waals surface area contributed by atoms with E-state index in [0.717, 1.165) is 12.0 Å². The molecule has 2 N–H and O–H groups in total. The Morgan fingerprint density at radius 1 is 1.20 bits per heavy atom. The number of methoxy groups -OCH3 is 1. The average Bonchev–Trinajstić information content (AvgIpc) is 3.05. The van der Waals surface area contributed by atoms with Crippen molar-refractivity contribution in [1.29, 1.82) is 0 Å². The zero-order chi connectivity index (χ0) is 22.3. The molecule has 0 unspecified atom stereocenters. The predicted octanol–water partition coefficient (Wildman–Crippen LogP) is 4.51. The van der Waals surface area contributed by atoms with Gasteiger partial charge in [0.25, 0.3) is 5.91 Å². The third-order valence-corrected chi connectivity index (χ3v) is 6.31. The van der Waals surface area contributed by atoms with Crippen LogP contribution in [0.15, 0.2) is 24.3 Å². The first kappa shape index (κ1) is 24.1. The molecular formula is C21H26ClN3O3S2. The van der Waals surface area contributed by atoms with E-state index in [2.05, 4.69) is 10.6 Å². The molecule has 1 heterocycles. The second-order valence-corrected chi connectivity index (χ2v) is 8.35. The van der Waals surface area contributed by atoms with E-state index in [-0.39, 0.29) is 5.91 Å². The largest absolute Gasteiger partial charge is 0.465 e. The van der Waals surface area contributed by atoms with Crippen LogP contribution in [0.3, 0.4) is 0 Å². The molecule has 0 aliphatic rings. The van der Waals surface area contributed by atoms with E-state index in [0.29, 0.717) is 50.8 Å². The Hall–Kier alpha value is -2.16. The monoisotopic (exact) mass is 467 g/mol. The van der Waals surface area contributed by atoms with Gasteiger partial charge in [-0.2, -0.15) is 0 Å². The molecule has 0 bridgehead atoms. The fourth-order valence-corrected chi connectivity index (χ4v) is 4.49. The van der Waals surface area contributed by atoms with Crippen LogP contribution in [0, 0.1) is 6.92 Å². The summed E-state index contributed by atoms with van der Waals surface area (Å²) in [5.74, 6) is -0.615. The molecular weight excluding hydrogens is 442 g/mol. The van der Waals surface area contributed by atoms with Gasteiger partial charge in [0, 0.05) is 24.7 Å². The van der Waals surface area contributed by atoms with Crippen LogP contribution in [0.1, 0.15) is 45.0 Å². The van der Waals surface area contributed by atoms with E-state index in [9.17, 15) is 9.59 Å². The zero-order valence-corrected chi connectivity index (χ0v) is 19.9. The summed E-state index contributed by atoms with van der Waals surface area (Å²) >= 11 is 12.5. The van der Waals surface area contributed by atoms with Crippen LogP contribution in [0.4, 0.5) is 5.00 Å². The summed E-state index contributed by atoms with van der Waals surface area (Å²) in [6.07, 6.45) is 0.762. The number of hydrogen-bond donors (Lipinski definition) is 2. The molecule has 2 aromatic rings. The maximum atomic E-state index is 12.8. The molecule has 30 heavy (non-hydrogen) atoms. The Labute approximate surface area is 191 Å². The van der Waals surface area contributed by atoms with Gasteiger partial charge in [-0.1, -0.05) is 23.7 Å². The van der Waals surface area contributed by atoms with Gasteiger partial charge in [0.05, 0.1) is 17.6 Å². The number of nitrogens with one attached hydrogen (secondary N) is 2. The minimum Gasteiger partial charge on any atom is -0.465 e. The highest BCUT2D eigenvalue weighted by molar-refractivity contribution is 7.80. The Morgan fingerprint density at radius 3 is 2.40 bits per heavy atom. The number of thiophene rings is 1. The van der Waals surface area contributed by atoms with Gasteiger partial charge in [-0.15, -0.1) is 11.3 Å². The lowest BCUT2D eigenvalue weighted by atomic mass is 10.1. The highest BCUT2D eigenvalue weighted by Gasteiger charge is 2.27. The minimum atomic E-state index is -0.506. The van der Waals surface area contributed by atoms with Crippen molar-refractivity contribution < 1.29 is 14.3 Å². The van der Waals surface area contributed by atoms with Crippen molar-refractivity contribution in [2.75, 3.05) is 32.1 Å². The minimum absolute atomic E-state index is 0.109. The van der Waals surface area contributed by atoms with Crippen molar-refractivity contribution in [3.05, 3.63) is 50.9 Å². The second kappa shape index (κ2) is 11.3. The van der Waals surface area contributed by atoms with Crippen LogP contribution in [-0.2, 0) is 11.2 Å². The van der Waals surface area contributed by atoms with E-state index in [1.807, 2.05) is 38.1 Å². The number of benzene rings is 1. The van der Waals surface area contributed by atoms with Gasteiger partial charge in [-0.3, -0.25) is 4.79 Å². The Kier molecular flexibility index (Phi) is 9.08. The van der Waals surface area contributed by atoms with Crippen LogP contribution in [0.2, 0.25) is 5.02 Å². The molecule has 0 spiro atoms. The molecule has 2 rings (SSSR count). The number of rotatable bonds is 8. The van der Waals surface area contributed by atoms with Crippen molar-refractivity contribution >= 4 is 57.1 Å². The average molecular weight is 468 g/mol. The summed E-state index contributed by atoms with van der Waals surface area (Å²) < 4.78 is 4.92. The molecule has 0 saturated carbocycles. The normalized spacial score (nSPS) is 10.4. The smallest absolute Gasteiger partial charge is 0.341 e. The molecule has 1 aromatic carbocycles. The first-order valence-electron chi connectivity index (χ1n) is 9.62. The number of esters is 1. The van der Waals surface area contributed by atoms with Crippen LogP contribution >= 0.6 is 35.2 Å². The summed E-state index contributed by atoms with van der Waals surface area (Å²) in [5.41, 5.74) is 2.05. The molecule has 0 saturated heterocycles. The standard InChI is InChI=1S/C21H26ClN3O3S2/c1-5-25(6-2)19(26)17-13(3)16(20(27)28-4)18(30-17)24-21(29)23-12-11-14-7-9-15(22)10-8-14/h7-10H,5-6,11-12H2,1-4H3,(H2,23,24,29). The van der Waals surface area contributed by atoms with E-state index in [1.165, 1.54) is 18.4 Å². The Bertz CT molecular complexity index is 909. The number of carbonyl (C=O) groups excluding carboxylic acids is 2. The zero-order valence-electron chi connectivity index (χ0n) is 17.5. The highest BCUT2D eigenvalue weighted by Crippen LogP contribution is 2.34. The molecule has 6 nitrogen and oxygen atoms in total. The first-order chi connectivity index (χ1) is 14.3. The molecule has 0 aliphatic carbocycles. The number of amides is 1. The van der Waals surface area contributed by atoms with E-state index in [4.69, 9.17) is 28.6 Å². The number of halogens is 1. The van der Waals surface area contributed by atoms with Crippen LogP contribution in [0.25, 0.3) is 0 Å². The SMILES string of the molecule is CCN(CC)C(=O)c1sc(NC(=S)NCCc2ccc(Cl)cc2)c(C(=O)OC)c1C. The van der Waals surface area contributed by atoms with E-state index in [1.54, 1.807) is 11.8 Å². The maximum absolute atomic E-state index is 12.8. The van der Waals surface area contributed by atoms with Gasteiger partial charge in [-0.25, -0.2) is 4.79 Å². The maximum Gasteiger partial charge on any atom is 0.341 e. The van der Waals surface area contributed by atoms with Crippen LogP contribution in [-0.4, -0.2) is 48.6 Å². The quantitative estimate of drug-likeness (QED) is 0.439. The van der Waals surface area contributed by atoms with Gasteiger partial charge in [0.15, 0.2) is 5.11 Å². The Balaban J connectivity index is 2.13. The van der Waals surface area contributed by atoms with Gasteiger partial charge >= 0.3 is 5.97 Å². The molecule has 1 amide bonds. The number of thiocarbonyl (C=S) groups is 1. The fraction of sp³-hybridized carbons (Fsp3) is 0.381. The second-order valence-electron chi connectivity index (χ2n) is 6.49. The van der Waals surface area contributed by atoms with E-state index < -0.39 is 5.97 Å². The molecule has 0 fully saturated rings. The van der Waals surface area contributed by atoms with Crippen molar-refractivity contribution in [3.63, 3.8) is 0 Å². The van der Waals surface area contributed by atoms with Gasteiger partial charge in [0.2, 0.25) is 0 Å². The number of carbonyl (C=O) groups is 2. The van der Waals surface area contributed by atoms with Crippen molar-refractivity contribution in [2.45, 2.75) is 27.2 Å². The summed E-state index contributed by atoms with van der Waals surface area (Å²) in [6.45, 7) is 7.38. The first-order valence-corrected chi connectivity index (χ1v) is 11.2. The lowest BCUT2D eigenvalue weighted by Gasteiger charge is -2.17. The van der Waals surface area contributed by atoms with Crippen LogP contribution in [0.5, 0.6) is 0 Å². The summed E-state index contributed by atoms with van der Waals surface area (Å²) in [5, 5.41) is 7.75. The summed E-state index contributed by atoms with van der Waals surface area (Å²) in [4.78, 5) is 27.4. The number of hydrogen-bond acceptors (Lipinski definition) is 5. The third-order valence-electron chi connectivity index (χ3n) is 4.62. The number of ether oxygens (including phenoxy) is 1. The predicted molar refractivity (Wildman–Crippen MR) is 127 cm³/mol. The molecule has 0 atom stereocenters. The summed E-state index contributed by atoms with van der Waals surface area (Å²) in [7, 11) is 1.32. The van der Waals surface area contributed by atoms with Crippen molar-refractivity contribution in [3.8, 4) is 0 Å². The van der Waals surface area contributed by atoms with Gasteiger partial charge < -0.3 is 20.3 Å². The van der Waals surface area contributed by atoms with Crippen molar-refractivity contribution in [1.82, 2.24) is 10.2 Å². The third kappa shape index (κ3) is 5.93. The topological polar surface area (TPSA) is 70.7 Å². The summed E-state index contributed by atoms with van der Waals surface area (Å²) in [6, 6.07) is 7.62. The fourth-order valence-electron chi connectivity index (χ4n) is 2.93. The van der Waals surface area contributed by atoms with E-state index >= 15 is 0 Å². The van der Waals surface area contributed by atoms with Crippen LogP contribution < -0.4 is 10.6 Å².